The minimum absolute atomic E-state index is 0.0246. The first-order valence-electron chi connectivity index (χ1n) is 9.42. The van der Waals surface area contributed by atoms with E-state index in [2.05, 4.69) is 15.0 Å². The van der Waals surface area contributed by atoms with Crippen LogP contribution in [0, 0.1) is 6.92 Å². The third-order valence-electron chi connectivity index (χ3n) is 5.07. The molecule has 27 heavy (non-hydrogen) atoms. The average Bonchev–Trinajstić information content (AvgIpc) is 2.98. The number of nitrogens with zero attached hydrogens (tertiary/aromatic N) is 5. The van der Waals surface area contributed by atoms with Crippen molar-refractivity contribution in [3.8, 4) is 5.75 Å². The molecule has 2 aliphatic rings. The quantitative estimate of drug-likeness (QED) is 0.872. The summed E-state index contributed by atoms with van der Waals surface area (Å²) in [5.41, 5.74) is 3.11. The van der Waals surface area contributed by atoms with Crippen LogP contribution in [0.25, 0.3) is 0 Å². The summed E-state index contributed by atoms with van der Waals surface area (Å²) in [6, 6.07) is 5.40. The maximum Gasteiger partial charge on any atom is 0.274 e. The van der Waals surface area contributed by atoms with Crippen molar-refractivity contribution in [2.45, 2.75) is 33.0 Å². The topological polar surface area (TPSA) is 83.7 Å². The SMILES string of the molecule is Cc1ccc(O)c(CN2CCCn3nc(C(=O)N4CCOCC4)cc3C2)n1. The molecule has 144 valence electrons. The molecule has 8 heteroatoms. The highest BCUT2D eigenvalue weighted by Gasteiger charge is 2.24. The lowest BCUT2D eigenvalue weighted by Gasteiger charge is -2.26. The van der Waals surface area contributed by atoms with Gasteiger partial charge in [-0.05, 0) is 31.5 Å². The van der Waals surface area contributed by atoms with Gasteiger partial charge in [-0.15, -0.1) is 0 Å². The Morgan fingerprint density at radius 1 is 1.22 bits per heavy atom. The zero-order chi connectivity index (χ0) is 18.8. The molecule has 0 radical (unpaired) electrons. The standard InChI is InChI=1S/C19H25N5O3/c1-14-3-4-18(25)17(20-14)13-22-5-2-6-24-15(12-22)11-16(21-24)19(26)23-7-9-27-10-8-23/h3-4,11,25H,2,5-10,12-13H2,1H3. The lowest BCUT2D eigenvalue weighted by atomic mass is 10.2. The molecule has 4 heterocycles. The predicted molar refractivity (Wildman–Crippen MR) is 98.3 cm³/mol. The highest BCUT2D eigenvalue weighted by atomic mass is 16.5. The van der Waals surface area contributed by atoms with Gasteiger partial charge in [0.1, 0.15) is 5.75 Å². The number of aromatic hydroxyl groups is 1. The van der Waals surface area contributed by atoms with Gasteiger partial charge >= 0.3 is 0 Å². The number of aryl methyl sites for hydroxylation is 2. The van der Waals surface area contributed by atoms with Crippen molar-refractivity contribution in [2.75, 3.05) is 32.8 Å². The van der Waals surface area contributed by atoms with Crippen LogP contribution < -0.4 is 0 Å². The third kappa shape index (κ3) is 3.96. The highest BCUT2D eigenvalue weighted by molar-refractivity contribution is 5.92. The Morgan fingerprint density at radius 2 is 2.04 bits per heavy atom. The minimum Gasteiger partial charge on any atom is -0.506 e. The molecule has 1 fully saturated rings. The number of rotatable bonds is 3. The number of ether oxygens (including phenoxy) is 1. The third-order valence-corrected chi connectivity index (χ3v) is 5.07. The van der Waals surface area contributed by atoms with Crippen LogP contribution in [0.4, 0.5) is 0 Å². The molecular formula is C19H25N5O3. The number of hydrogen-bond donors (Lipinski definition) is 1. The van der Waals surface area contributed by atoms with Crippen molar-refractivity contribution in [1.82, 2.24) is 24.6 Å². The van der Waals surface area contributed by atoms with Gasteiger partial charge in [0.2, 0.25) is 0 Å². The molecule has 0 spiro atoms. The number of carbonyl (C=O) groups is 1. The van der Waals surface area contributed by atoms with E-state index in [0.29, 0.717) is 50.8 Å². The predicted octanol–water partition coefficient (Wildman–Crippen LogP) is 1.17. The van der Waals surface area contributed by atoms with Crippen LogP contribution in [0.3, 0.4) is 0 Å². The van der Waals surface area contributed by atoms with Crippen LogP contribution in [0.5, 0.6) is 5.75 Å². The molecule has 0 bridgehead atoms. The molecule has 2 aromatic heterocycles. The minimum atomic E-state index is -0.0246. The van der Waals surface area contributed by atoms with Gasteiger partial charge in [-0.25, -0.2) is 0 Å². The molecular weight excluding hydrogens is 346 g/mol. The van der Waals surface area contributed by atoms with Crippen LogP contribution in [0.1, 0.15) is 34.0 Å². The zero-order valence-corrected chi connectivity index (χ0v) is 15.6. The highest BCUT2D eigenvalue weighted by Crippen LogP contribution is 2.21. The Morgan fingerprint density at radius 3 is 2.85 bits per heavy atom. The van der Waals surface area contributed by atoms with Gasteiger partial charge in [0, 0.05) is 45.0 Å². The summed E-state index contributed by atoms with van der Waals surface area (Å²) in [4.78, 5) is 21.2. The van der Waals surface area contributed by atoms with Gasteiger partial charge in [-0.2, -0.15) is 5.10 Å². The van der Waals surface area contributed by atoms with Gasteiger partial charge in [0.15, 0.2) is 5.69 Å². The number of amides is 1. The Balaban J connectivity index is 1.49. The van der Waals surface area contributed by atoms with E-state index in [1.807, 2.05) is 17.7 Å². The van der Waals surface area contributed by atoms with E-state index in [-0.39, 0.29) is 11.7 Å². The van der Waals surface area contributed by atoms with Crippen molar-refractivity contribution in [3.63, 3.8) is 0 Å². The first kappa shape index (κ1) is 17.9. The molecule has 8 nitrogen and oxygen atoms in total. The molecule has 2 aromatic rings. The van der Waals surface area contributed by atoms with E-state index in [4.69, 9.17) is 4.74 Å². The summed E-state index contributed by atoms with van der Waals surface area (Å²) in [6.45, 7) is 7.26. The Kier molecular flexibility index (Phi) is 5.09. The Bertz CT molecular complexity index is 829. The van der Waals surface area contributed by atoms with Gasteiger partial charge in [0.25, 0.3) is 5.91 Å². The van der Waals surface area contributed by atoms with Gasteiger partial charge < -0.3 is 14.7 Å². The summed E-state index contributed by atoms with van der Waals surface area (Å²) in [5.74, 6) is 0.199. The van der Waals surface area contributed by atoms with Crippen molar-refractivity contribution >= 4 is 5.91 Å². The van der Waals surface area contributed by atoms with Gasteiger partial charge in [0.05, 0.1) is 24.6 Å². The van der Waals surface area contributed by atoms with E-state index < -0.39 is 0 Å². The first-order valence-corrected chi connectivity index (χ1v) is 9.42. The maximum atomic E-state index is 12.7. The number of fused-ring (bicyclic) bond motifs is 1. The fourth-order valence-corrected chi connectivity index (χ4v) is 3.63. The zero-order valence-electron chi connectivity index (χ0n) is 15.6. The van der Waals surface area contributed by atoms with Crippen LogP contribution in [-0.4, -0.2) is 68.4 Å². The second-order valence-electron chi connectivity index (χ2n) is 7.13. The summed E-state index contributed by atoms with van der Waals surface area (Å²) in [7, 11) is 0. The van der Waals surface area contributed by atoms with Crippen molar-refractivity contribution in [2.24, 2.45) is 0 Å². The van der Waals surface area contributed by atoms with Crippen LogP contribution >= 0.6 is 0 Å². The van der Waals surface area contributed by atoms with E-state index in [1.54, 1.807) is 17.0 Å². The Labute approximate surface area is 158 Å². The van der Waals surface area contributed by atoms with E-state index in [0.717, 1.165) is 30.9 Å². The van der Waals surface area contributed by atoms with Crippen LogP contribution in [-0.2, 0) is 24.4 Å². The van der Waals surface area contributed by atoms with E-state index in [1.165, 1.54) is 0 Å². The largest absolute Gasteiger partial charge is 0.506 e. The Hall–Kier alpha value is -2.45. The number of aromatic nitrogens is 3. The lowest BCUT2D eigenvalue weighted by molar-refractivity contribution is 0.0298. The second-order valence-corrected chi connectivity index (χ2v) is 7.13. The van der Waals surface area contributed by atoms with Crippen molar-refractivity contribution in [1.29, 1.82) is 0 Å². The molecule has 4 rings (SSSR count). The fraction of sp³-hybridized carbons (Fsp3) is 0.526. The summed E-state index contributed by atoms with van der Waals surface area (Å²) < 4.78 is 7.26. The van der Waals surface area contributed by atoms with Crippen LogP contribution in [0.2, 0.25) is 0 Å². The number of pyridine rings is 1. The molecule has 0 aromatic carbocycles. The summed E-state index contributed by atoms with van der Waals surface area (Å²) in [6.07, 6.45) is 0.937. The lowest BCUT2D eigenvalue weighted by Crippen LogP contribution is -2.40. The molecule has 1 saturated heterocycles. The monoisotopic (exact) mass is 371 g/mol. The number of morpholine rings is 1. The summed E-state index contributed by atoms with van der Waals surface area (Å²) >= 11 is 0. The fourth-order valence-electron chi connectivity index (χ4n) is 3.63. The molecule has 1 amide bonds. The molecule has 2 aliphatic heterocycles. The number of hydrogen-bond acceptors (Lipinski definition) is 6. The molecule has 0 saturated carbocycles. The normalized spacial score (nSPS) is 18.2. The summed E-state index contributed by atoms with van der Waals surface area (Å²) in [5, 5.41) is 14.6. The van der Waals surface area contributed by atoms with Crippen molar-refractivity contribution in [3.05, 3.63) is 41.0 Å². The second kappa shape index (κ2) is 7.66. The number of carbonyl (C=O) groups excluding carboxylic acids is 1. The average molecular weight is 371 g/mol. The molecule has 0 aliphatic carbocycles. The molecule has 0 atom stereocenters. The smallest absolute Gasteiger partial charge is 0.274 e. The van der Waals surface area contributed by atoms with Gasteiger partial charge in [-0.1, -0.05) is 0 Å². The molecule has 1 N–H and O–H groups in total. The molecule has 0 unspecified atom stereocenters. The van der Waals surface area contributed by atoms with E-state index >= 15 is 0 Å². The van der Waals surface area contributed by atoms with Gasteiger partial charge in [-0.3, -0.25) is 19.4 Å². The first-order chi connectivity index (χ1) is 13.1. The van der Waals surface area contributed by atoms with Crippen LogP contribution in [0.15, 0.2) is 18.2 Å². The van der Waals surface area contributed by atoms with Crippen molar-refractivity contribution < 1.29 is 14.6 Å². The van der Waals surface area contributed by atoms with E-state index in [9.17, 15) is 9.90 Å². The maximum absolute atomic E-state index is 12.7.